The maximum absolute atomic E-state index is 13.5. The predicted molar refractivity (Wildman–Crippen MR) is 151 cm³/mol. The number of pyridine rings is 3. The molecule has 10 heteroatoms. The molecule has 200 valence electrons. The standard InChI is InChI=1S/C30H25N5O5/c1-3-31-29(37)26-18-24(14-16-32-26)40-23-10-6-20(7-11-23)34-28(36)25-17-19-5-4-15-33-27(19)35(30(25)38)21-8-12-22(39-2)13-9-21/h4-18H,3H2,1-2H3,(H,31,37)(H,34,36). The number of nitrogens with one attached hydrogen (secondary N) is 2. The van der Waals surface area contributed by atoms with E-state index in [9.17, 15) is 14.4 Å². The number of methoxy groups -OCH3 is 1. The van der Waals surface area contributed by atoms with Gasteiger partial charge in [0.05, 0.1) is 12.8 Å². The highest BCUT2D eigenvalue weighted by Crippen LogP contribution is 2.24. The molecule has 0 unspecified atom stereocenters. The van der Waals surface area contributed by atoms with Crippen molar-refractivity contribution in [3.63, 3.8) is 0 Å². The fourth-order valence-electron chi connectivity index (χ4n) is 4.07. The summed E-state index contributed by atoms with van der Waals surface area (Å²) in [6.45, 7) is 2.32. The van der Waals surface area contributed by atoms with Crippen LogP contribution in [0.4, 0.5) is 5.69 Å². The lowest BCUT2D eigenvalue weighted by molar-refractivity contribution is 0.0949. The summed E-state index contributed by atoms with van der Waals surface area (Å²) in [5.74, 6) is 0.720. The van der Waals surface area contributed by atoms with Crippen molar-refractivity contribution in [2.75, 3.05) is 19.0 Å². The van der Waals surface area contributed by atoms with Gasteiger partial charge < -0.3 is 20.1 Å². The number of hydrogen-bond donors (Lipinski definition) is 2. The van der Waals surface area contributed by atoms with Crippen molar-refractivity contribution in [3.8, 4) is 22.9 Å². The highest BCUT2D eigenvalue weighted by atomic mass is 16.5. The topological polar surface area (TPSA) is 124 Å². The van der Waals surface area contributed by atoms with Crippen molar-refractivity contribution in [2.24, 2.45) is 0 Å². The molecule has 2 aromatic carbocycles. The largest absolute Gasteiger partial charge is 0.497 e. The first-order valence-electron chi connectivity index (χ1n) is 12.5. The van der Waals surface area contributed by atoms with Crippen LogP contribution in [-0.2, 0) is 0 Å². The summed E-state index contributed by atoms with van der Waals surface area (Å²) in [4.78, 5) is 47.2. The van der Waals surface area contributed by atoms with Gasteiger partial charge in [-0.3, -0.25) is 23.9 Å². The Labute approximate surface area is 229 Å². The quantitative estimate of drug-likeness (QED) is 0.298. The van der Waals surface area contributed by atoms with Crippen molar-refractivity contribution in [1.29, 1.82) is 0 Å². The molecule has 5 aromatic rings. The number of fused-ring (bicyclic) bond motifs is 1. The number of anilines is 1. The summed E-state index contributed by atoms with van der Waals surface area (Å²) in [7, 11) is 1.56. The van der Waals surface area contributed by atoms with Crippen molar-refractivity contribution in [2.45, 2.75) is 6.92 Å². The number of benzene rings is 2. The van der Waals surface area contributed by atoms with Crippen LogP contribution in [0.3, 0.4) is 0 Å². The molecule has 10 nitrogen and oxygen atoms in total. The van der Waals surface area contributed by atoms with Crippen molar-refractivity contribution < 1.29 is 19.1 Å². The first kappa shape index (κ1) is 26.1. The monoisotopic (exact) mass is 535 g/mol. The summed E-state index contributed by atoms with van der Waals surface area (Å²) in [6, 6.07) is 21.8. The van der Waals surface area contributed by atoms with E-state index in [0.717, 1.165) is 0 Å². The molecular formula is C30H25N5O5. The van der Waals surface area contributed by atoms with Crippen LogP contribution >= 0.6 is 0 Å². The Kier molecular flexibility index (Phi) is 7.49. The summed E-state index contributed by atoms with van der Waals surface area (Å²) in [5.41, 5.74) is 1.16. The third-order valence-corrected chi connectivity index (χ3v) is 5.99. The number of rotatable bonds is 8. The van der Waals surface area contributed by atoms with Crippen molar-refractivity contribution in [1.82, 2.24) is 19.9 Å². The van der Waals surface area contributed by atoms with Crippen LogP contribution in [0.25, 0.3) is 16.7 Å². The molecule has 5 rings (SSSR count). The van der Waals surface area contributed by atoms with Gasteiger partial charge in [-0.15, -0.1) is 0 Å². The predicted octanol–water partition coefficient (Wildman–Crippen LogP) is 4.58. The smallest absolute Gasteiger partial charge is 0.270 e. The normalized spacial score (nSPS) is 10.7. The van der Waals surface area contributed by atoms with E-state index in [1.165, 1.54) is 16.8 Å². The minimum atomic E-state index is -0.563. The van der Waals surface area contributed by atoms with Gasteiger partial charge in [0.15, 0.2) is 0 Å². The SMILES string of the molecule is CCNC(=O)c1cc(Oc2ccc(NC(=O)c3cc4cccnc4n(-c4ccc(OC)cc4)c3=O)cc2)ccn1. The fourth-order valence-corrected chi connectivity index (χ4v) is 4.07. The van der Waals surface area contributed by atoms with Crippen molar-refractivity contribution in [3.05, 3.63) is 113 Å². The first-order chi connectivity index (χ1) is 19.5. The number of ether oxygens (including phenoxy) is 2. The van der Waals surface area contributed by atoms with Crippen LogP contribution in [0.5, 0.6) is 17.2 Å². The molecule has 0 radical (unpaired) electrons. The third-order valence-electron chi connectivity index (χ3n) is 5.99. The molecule has 2 amide bonds. The molecule has 0 aliphatic carbocycles. The summed E-state index contributed by atoms with van der Waals surface area (Å²) in [5, 5.41) is 6.11. The molecule has 2 N–H and O–H groups in total. The Bertz CT molecular complexity index is 1750. The van der Waals surface area contributed by atoms with Gasteiger partial charge in [0.25, 0.3) is 17.4 Å². The number of amides is 2. The highest BCUT2D eigenvalue weighted by molar-refractivity contribution is 6.05. The zero-order valence-electron chi connectivity index (χ0n) is 21.8. The van der Waals surface area contributed by atoms with Gasteiger partial charge in [0, 0.05) is 36.1 Å². The van der Waals surface area contributed by atoms with Crippen LogP contribution in [0.15, 0.2) is 96.1 Å². The van der Waals surface area contributed by atoms with E-state index in [4.69, 9.17) is 9.47 Å². The minimum absolute atomic E-state index is 0.0358. The van der Waals surface area contributed by atoms with Gasteiger partial charge in [-0.25, -0.2) is 4.98 Å². The van der Waals surface area contributed by atoms with Gasteiger partial charge in [0.1, 0.15) is 34.2 Å². The molecule has 0 aliphatic heterocycles. The van der Waals surface area contributed by atoms with E-state index in [1.807, 2.05) is 6.92 Å². The van der Waals surface area contributed by atoms with E-state index < -0.39 is 11.5 Å². The van der Waals surface area contributed by atoms with Gasteiger partial charge in [0.2, 0.25) is 0 Å². The first-order valence-corrected chi connectivity index (χ1v) is 12.5. The molecule has 0 saturated heterocycles. The second kappa shape index (κ2) is 11.5. The fraction of sp³-hybridized carbons (Fsp3) is 0.100. The van der Waals surface area contributed by atoms with Crippen LogP contribution < -0.4 is 25.7 Å². The summed E-state index contributed by atoms with van der Waals surface area (Å²) < 4.78 is 12.5. The second-order valence-corrected chi connectivity index (χ2v) is 8.63. The molecule has 0 aliphatic rings. The Hall–Kier alpha value is -5.51. The Balaban J connectivity index is 1.38. The second-order valence-electron chi connectivity index (χ2n) is 8.63. The van der Waals surface area contributed by atoms with E-state index >= 15 is 0 Å². The zero-order valence-corrected chi connectivity index (χ0v) is 21.8. The van der Waals surface area contributed by atoms with E-state index in [-0.39, 0.29) is 17.2 Å². The van der Waals surface area contributed by atoms with Crippen LogP contribution in [0.1, 0.15) is 27.8 Å². The Morgan fingerprint density at radius 1 is 0.850 bits per heavy atom. The average Bonchev–Trinajstić information content (AvgIpc) is 2.98. The maximum Gasteiger partial charge on any atom is 0.270 e. The lowest BCUT2D eigenvalue weighted by Crippen LogP contribution is -2.29. The van der Waals surface area contributed by atoms with Crippen LogP contribution in [0.2, 0.25) is 0 Å². The molecule has 3 heterocycles. The number of aromatic nitrogens is 3. The van der Waals surface area contributed by atoms with Gasteiger partial charge in [-0.1, -0.05) is 0 Å². The molecule has 0 fully saturated rings. The Morgan fingerprint density at radius 3 is 2.33 bits per heavy atom. The van der Waals surface area contributed by atoms with Gasteiger partial charge in [-0.05, 0) is 79.7 Å². The average molecular weight is 536 g/mol. The number of hydrogen-bond acceptors (Lipinski definition) is 7. The Morgan fingerprint density at radius 2 is 1.60 bits per heavy atom. The molecule has 3 aromatic heterocycles. The van der Waals surface area contributed by atoms with Crippen LogP contribution in [0, 0.1) is 0 Å². The van der Waals surface area contributed by atoms with E-state index in [0.29, 0.717) is 46.2 Å². The number of carbonyl (C=O) groups excluding carboxylic acids is 2. The highest BCUT2D eigenvalue weighted by Gasteiger charge is 2.18. The van der Waals surface area contributed by atoms with Crippen molar-refractivity contribution >= 4 is 28.5 Å². The molecule has 0 bridgehead atoms. The lowest BCUT2D eigenvalue weighted by Gasteiger charge is -2.13. The van der Waals surface area contributed by atoms with Gasteiger partial charge in [-0.2, -0.15) is 0 Å². The minimum Gasteiger partial charge on any atom is -0.497 e. The number of nitrogens with zero attached hydrogens (tertiary/aromatic N) is 3. The molecule has 0 atom stereocenters. The third kappa shape index (κ3) is 5.51. The van der Waals surface area contributed by atoms with E-state index in [2.05, 4.69) is 20.6 Å². The lowest BCUT2D eigenvalue weighted by atomic mass is 10.1. The molecule has 40 heavy (non-hydrogen) atoms. The molecular weight excluding hydrogens is 510 g/mol. The summed E-state index contributed by atoms with van der Waals surface area (Å²) >= 11 is 0. The molecule has 0 spiro atoms. The van der Waals surface area contributed by atoms with Gasteiger partial charge >= 0.3 is 0 Å². The molecule has 0 saturated carbocycles. The zero-order chi connectivity index (χ0) is 28.1. The summed E-state index contributed by atoms with van der Waals surface area (Å²) in [6.07, 6.45) is 3.09. The van der Waals surface area contributed by atoms with Crippen LogP contribution in [-0.4, -0.2) is 40.0 Å². The maximum atomic E-state index is 13.5. The number of carbonyl (C=O) groups is 2. The van der Waals surface area contributed by atoms with E-state index in [1.54, 1.807) is 86.1 Å².